The average molecular weight is 728 g/mol. The van der Waals surface area contributed by atoms with Gasteiger partial charge < -0.3 is 18.9 Å². The number of esters is 1. The van der Waals surface area contributed by atoms with Gasteiger partial charge in [-0.05, 0) is 84.2 Å². The van der Waals surface area contributed by atoms with E-state index in [9.17, 15) is 14.9 Å². The zero-order chi connectivity index (χ0) is 36.3. The van der Waals surface area contributed by atoms with Crippen LogP contribution in [0.3, 0.4) is 0 Å². The molecular formula is C38H38ClN5O6S. The number of aryl methyl sites for hydroxylation is 2. The maximum absolute atomic E-state index is 13.9. The Morgan fingerprint density at radius 1 is 1.20 bits per heavy atom. The van der Waals surface area contributed by atoms with Crippen molar-refractivity contribution in [2.45, 2.75) is 72.3 Å². The molecule has 51 heavy (non-hydrogen) atoms. The Kier molecular flexibility index (Phi) is 10.8. The molecule has 13 heteroatoms. The Balaban J connectivity index is 1.26. The van der Waals surface area contributed by atoms with Gasteiger partial charge in [-0.2, -0.15) is 5.26 Å². The van der Waals surface area contributed by atoms with Crippen LogP contribution in [0.5, 0.6) is 5.75 Å². The first-order valence-electron chi connectivity index (χ1n) is 16.7. The van der Waals surface area contributed by atoms with Crippen molar-refractivity contribution in [1.29, 1.82) is 5.26 Å². The molecule has 1 aliphatic heterocycles. The monoisotopic (exact) mass is 727 g/mol. The predicted molar refractivity (Wildman–Crippen MR) is 197 cm³/mol. The van der Waals surface area contributed by atoms with E-state index in [1.807, 2.05) is 33.8 Å². The molecule has 0 amide bonds. The average Bonchev–Trinajstić information content (AvgIpc) is 3.52. The first kappa shape index (κ1) is 36.1. The van der Waals surface area contributed by atoms with Gasteiger partial charge in [-0.3, -0.25) is 19.3 Å². The summed E-state index contributed by atoms with van der Waals surface area (Å²) in [4.78, 5) is 40.6. The Morgan fingerprint density at radius 3 is 2.76 bits per heavy atom. The van der Waals surface area contributed by atoms with Gasteiger partial charge in [0, 0.05) is 33.8 Å². The Labute approximate surface area is 304 Å². The number of nitriles is 1. The molecule has 0 spiro atoms. The van der Waals surface area contributed by atoms with E-state index in [4.69, 9.17) is 30.5 Å². The molecule has 1 aliphatic rings. The van der Waals surface area contributed by atoms with Crippen molar-refractivity contribution >= 4 is 56.1 Å². The van der Waals surface area contributed by atoms with Crippen molar-refractivity contribution < 1.29 is 23.7 Å². The van der Waals surface area contributed by atoms with Gasteiger partial charge in [0.25, 0.3) is 5.56 Å². The molecule has 0 aliphatic carbocycles. The van der Waals surface area contributed by atoms with Gasteiger partial charge in [-0.1, -0.05) is 17.7 Å². The minimum absolute atomic E-state index is 0.115. The molecule has 1 unspecified atom stereocenters. The molecule has 5 aromatic rings. The Morgan fingerprint density at radius 2 is 2.02 bits per heavy atom. The summed E-state index contributed by atoms with van der Waals surface area (Å²) in [5.74, 6) is 0.553. The van der Waals surface area contributed by atoms with Crippen LogP contribution in [-0.4, -0.2) is 57.2 Å². The van der Waals surface area contributed by atoms with Gasteiger partial charge in [-0.25, -0.2) is 9.78 Å². The minimum Gasteiger partial charge on any atom is -0.491 e. The van der Waals surface area contributed by atoms with Crippen LogP contribution in [0, 0.1) is 25.2 Å². The largest absolute Gasteiger partial charge is 0.491 e. The van der Waals surface area contributed by atoms with Crippen LogP contribution in [0.4, 0.5) is 0 Å². The highest BCUT2D eigenvalue weighted by molar-refractivity contribution is 7.18. The summed E-state index contributed by atoms with van der Waals surface area (Å²) in [6.07, 6.45) is 7.64. The molecule has 0 saturated carbocycles. The van der Waals surface area contributed by atoms with E-state index >= 15 is 0 Å². The molecule has 1 aromatic carbocycles. The van der Waals surface area contributed by atoms with Crippen LogP contribution in [0.2, 0.25) is 5.02 Å². The van der Waals surface area contributed by atoms with Crippen LogP contribution in [0.1, 0.15) is 73.2 Å². The van der Waals surface area contributed by atoms with E-state index in [1.54, 1.807) is 42.7 Å². The van der Waals surface area contributed by atoms with E-state index in [2.05, 4.69) is 21.0 Å². The number of aromatic nitrogens is 4. The summed E-state index contributed by atoms with van der Waals surface area (Å²) in [5, 5.41) is 12.6. The number of halogens is 1. The van der Waals surface area contributed by atoms with E-state index < -0.39 is 11.6 Å². The lowest BCUT2D eigenvalue weighted by molar-refractivity contribution is -0.155. The normalized spacial score (nSPS) is 15.0. The molecule has 4 aromatic heterocycles. The molecule has 0 N–H and O–H groups in total. The molecule has 264 valence electrons. The zero-order valence-electron chi connectivity index (χ0n) is 29.1. The van der Waals surface area contributed by atoms with E-state index in [0.717, 1.165) is 29.5 Å². The lowest BCUT2D eigenvalue weighted by Crippen LogP contribution is -2.27. The van der Waals surface area contributed by atoms with Crippen LogP contribution < -0.4 is 10.3 Å². The van der Waals surface area contributed by atoms with Crippen molar-refractivity contribution in [3.8, 4) is 22.9 Å². The molecular weight excluding hydrogens is 690 g/mol. The number of hydrogen-bond donors (Lipinski definition) is 0. The van der Waals surface area contributed by atoms with E-state index in [-0.39, 0.29) is 42.6 Å². The molecule has 0 radical (unpaired) electrons. The third-order valence-electron chi connectivity index (χ3n) is 8.20. The van der Waals surface area contributed by atoms with Crippen molar-refractivity contribution in [1.82, 2.24) is 19.5 Å². The topological polar surface area (TPSA) is 138 Å². The molecule has 0 bridgehead atoms. The van der Waals surface area contributed by atoms with Crippen LogP contribution in [0.25, 0.3) is 38.3 Å². The van der Waals surface area contributed by atoms with Crippen molar-refractivity contribution in [2.24, 2.45) is 0 Å². The standard InChI is InChI=1S/C38H38ClN5O6S/c1-22-17-26(35-34(42-22)28(21-51-35)37(46)50-38(3,4)5)25-18-24(39)11-12-31(25)47-16-13-44-23(2)43-30-20-41-29(27(19-40)33(30)36(44)45)9-8-15-49-32-10-6-7-14-48-32/h8-9,11-12,17-18,20-21,32H,6-7,10,13-16H2,1-5H3/b9-8+. The van der Waals surface area contributed by atoms with Crippen LogP contribution in [-0.2, 0) is 20.8 Å². The van der Waals surface area contributed by atoms with Gasteiger partial charge in [0.15, 0.2) is 6.29 Å². The number of benzene rings is 1. The molecule has 5 heterocycles. The second-order valence-electron chi connectivity index (χ2n) is 13.2. The molecule has 1 fully saturated rings. The predicted octanol–water partition coefficient (Wildman–Crippen LogP) is 7.80. The van der Waals surface area contributed by atoms with Crippen LogP contribution >= 0.6 is 22.9 Å². The lowest BCUT2D eigenvalue weighted by Gasteiger charge is -2.21. The first-order chi connectivity index (χ1) is 24.4. The number of carbonyl (C=O) groups is 1. The fourth-order valence-electron chi connectivity index (χ4n) is 5.90. The van der Waals surface area contributed by atoms with Crippen molar-refractivity contribution in [2.75, 3.05) is 19.8 Å². The van der Waals surface area contributed by atoms with Gasteiger partial charge >= 0.3 is 5.97 Å². The first-order valence-corrected chi connectivity index (χ1v) is 17.9. The maximum atomic E-state index is 13.9. The SMILES string of the molecule is Cc1cc(-c2cc(Cl)ccc2OCCn2c(C)nc3cnc(/C=C/COC4CCCCO4)c(C#N)c3c2=O)c2scc(C(=O)OC(C)(C)C)c2n1. The summed E-state index contributed by atoms with van der Waals surface area (Å²) in [7, 11) is 0. The fourth-order valence-corrected chi connectivity index (χ4v) is 7.08. The van der Waals surface area contributed by atoms with Gasteiger partial charge in [0.2, 0.25) is 0 Å². The Hall–Kier alpha value is -4.67. The number of rotatable bonds is 10. The number of ether oxygens (including phenoxy) is 4. The van der Waals surface area contributed by atoms with Gasteiger partial charge in [0.1, 0.15) is 29.9 Å². The summed E-state index contributed by atoms with van der Waals surface area (Å²) in [6, 6.07) is 9.40. The zero-order valence-corrected chi connectivity index (χ0v) is 30.7. The van der Waals surface area contributed by atoms with Crippen molar-refractivity contribution in [3.05, 3.63) is 85.6 Å². The number of hydrogen-bond acceptors (Lipinski definition) is 11. The summed E-state index contributed by atoms with van der Waals surface area (Å²) in [5.41, 5.74) is 2.99. The van der Waals surface area contributed by atoms with E-state index in [1.165, 1.54) is 22.1 Å². The Bertz CT molecular complexity index is 2240. The number of fused-ring (bicyclic) bond motifs is 2. The highest BCUT2D eigenvalue weighted by Gasteiger charge is 2.24. The van der Waals surface area contributed by atoms with E-state index in [0.29, 0.717) is 56.8 Å². The number of nitrogens with zero attached hydrogens (tertiary/aromatic N) is 5. The molecule has 6 rings (SSSR count). The third-order valence-corrected chi connectivity index (χ3v) is 9.44. The number of pyridine rings is 2. The summed E-state index contributed by atoms with van der Waals surface area (Å²) in [6.45, 7) is 10.3. The lowest BCUT2D eigenvalue weighted by atomic mass is 10.0. The van der Waals surface area contributed by atoms with Gasteiger partial charge in [-0.15, -0.1) is 11.3 Å². The summed E-state index contributed by atoms with van der Waals surface area (Å²) >= 11 is 7.88. The second-order valence-corrected chi connectivity index (χ2v) is 14.5. The smallest absolute Gasteiger partial charge is 0.341 e. The second kappa shape index (κ2) is 15.3. The molecule has 11 nitrogen and oxygen atoms in total. The summed E-state index contributed by atoms with van der Waals surface area (Å²) < 4.78 is 25.6. The molecule has 1 saturated heterocycles. The molecule has 1 atom stereocenters. The van der Waals surface area contributed by atoms with Crippen LogP contribution in [0.15, 0.2) is 46.7 Å². The number of thiophene rings is 1. The maximum Gasteiger partial charge on any atom is 0.341 e. The quantitative estimate of drug-likeness (QED) is 0.131. The third kappa shape index (κ3) is 8.13. The number of carbonyl (C=O) groups excluding carboxylic acids is 1. The van der Waals surface area contributed by atoms with Crippen molar-refractivity contribution in [3.63, 3.8) is 0 Å². The fraction of sp³-hybridized carbons (Fsp3) is 0.368. The highest BCUT2D eigenvalue weighted by atomic mass is 35.5. The minimum atomic E-state index is -0.654. The highest BCUT2D eigenvalue weighted by Crippen LogP contribution is 2.40. The van der Waals surface area contributed by atoms with Gasteiger partial charge in [0.05, 0.1) is 57.3 Å².